The summed E-state index contributed by atoms with van der Waals surface area (Å²) in [6.07, 6.45) is 5.40. The number of carbonyl (C=O) groups excluding carboxylic acids is 1. The maximum absolute atomic E-state index is 11.3. The minimum absolute atomic E-state index is 0. The maximum Gasteiger partial charge on any atom is 0.236 e. The number of aliphatic hydroxyl groups is 1. The molecule has 0 aromatic carbocycles. The summed E-state index contributed by atoms with van der Waals surface area (Å²) < 4.78 is 0. The Hall–Kier alpha value is -0.320. The van der Waals surface area contributed by atoms with Crippen molar-refractivity contribution in [2.75, 3.05) is 13.2 Å². The van der Waals surface area contributed by atoms with Crippen LogP contribution in [0.4, 0.5) is 0 Å². The molecule has 1 rings (SSSR count). The highest BCUT2D eigenvalue weighted by atomic mass is 35.5. The number of carbonyl (C=O) groups is 1. The molecular weight excluding hydrogens is 228 g/mol. The predicted molar refractivity (Wildman–Crippen MR) is 66.5 cm³/mol. The summed E-state index contributed by atoms with van der Waals surface area (Å²) in [6, 6.07) is -0.447. The van der Waals surface area contributed by atoms with Crippen LogP contribution in [0, 0.1) is 5.41 Å². The SMILES string of the molecule is C[C@H](N)C(=O)NCC1(CCO)CCCC1.Cl. The lowest BCUT2D eigenvalue weighted by atomic mass is 9.83. The van der Waals surface area contributed by atoms with Crippen molar-refractivity contribution in [3.05, 3.63) is 0 Å². The van der Waals surface area contributed by atoms with E-state index in [2.05, 4.69) is 5.32 Å². The summed E-state index contributed by atoms with van der Waals surface area (Å²) in [7, 11) is 0. The molecule has 1 amide bonds. The van der Waals surface area contributed by atoms with Crippen LogP contribution in [0.15, 0.2) is 0 Å². The van der Waals surface area contributed by atoms with Crippen LogP contribution >= 0.6 is 12.4 Å². The lowest BCUT2D eigenvalue weighted by molar-refractivity contribution is -0.122. The van der Waals surface area contributed by atoms with E-state index in [0.29, 0.717) is 6.54 Å². The standard InChI is InChI=1S/C11H22N2O2.ClH/c1-9(12)10(15)13-8-11(6-7-14)4-2-3-5-11;/h9,14H,2-8,12H2,1H3,(H,13,15);1H/t9-;/m0./s1. The van der Waals surface area contributed by atoms with E-state index in [-0.39, 0.29) is 30.3 Å². The zero-order valence-corrected chi connectivity index (χ0v) is 10.7. The lowest BCUT2D eigenvalue weighted by Crippen LogP contribution is -2.43. The van der Waals surface area contributed by atoms with Gasteiger partial charge in [0.1, 0.15) is 0 Å². The van der Waals surface area contributed by atoms with Crippen molar-refractivity contribution >= 4 is 18.3 Å². The molecule has 16 heavy (non-hydrogen) atoms. The highest BCUT2D eigenvalue weighted by Crippen LogP contribution is 2.40. The number of hydrogen-bond acceptors (Lipinski definition) is 3. The quantitative estimate of drug-likeness (QED) is 0.676. The summed E-state index contributed by atoms with van der Waals surface area (Å²) in [5.74, 6) is -0.0979. The minimum atomic E-state index is -0.447. The van der Waals surface area contributed by atoms with Gasteiger partial charge in [0.05, 0.1) is 6.04 Å². The molecule has 5 heteroatoms. The average Bonchev–Trinajstić information content (AvgIpc) is 2.64. The van der Waals surface area contributed by atoms with Gasteiger partial charge < -0.3 is 16.2 Å². The molecule has 1 aliphatic carbocycles. The third-order valence-corrected chi connectivity index (χ3v) is 3.36. The molecule has 1 atom stereocenters. The average molecular weight is 251 g/mol. The second-order valence-electron chi connectivity index (χ2n) is 4.69. The van der Waals surface area contributed by atoms with Crippen molar-refractivity contribution in [3.8, 4) is 0 Å². The van der Waals surface area contributed by atoms with Crippen LogP contribution in [0.2, 0.25) is 0 Å². The molecule has 96 valence electrons. The Kier molecular flexibility index (Phi) is 6.95. The largest absolute Gasteiger partial charge is 0.396 e. The Morgan fingerprint density at radius 1 is 1.50 bits per heavy atom. The first-order valence-electron chi connectivity index (χ1n) is 5.74. The Labute approximate surface area is 103 Å². The Morgan fingerprint density at radius 3 is 2.50 bits per heavy atom. The van der Waals surface area contributed by atoms with Crippen molar-refractivity contribution in [3.63, 3.8) is 0 Å². The number of nitrogens with two attached hydrogens (primary N) is 1. The molecule has 0 spiro atoms. The first-order chi connectivity index (χ1) is 7.09. The summed E-state index contributed by atoms with van der Waals surface area (Å²) in [6.45, 7) is 2.55. The zero-order chi connectivity index (χ0) is 11.3. The number of rotatable bonds is 5. The van der Waals surface area contributed by atoms with Crippen LogP contribution in [0.1, 0.15) is 39.0 Å². The summed E-state index contributed by atoms with van der Waals surface area (Å²) >= 11 is 0. The molecule has 0 aromatic heterocycles. The van der Waals surface area contributed by atoms with E-state index in [0.717, 1.165) is 19.3 Å². The fraction of sp³-hybridized carbons (Fsp3) is 0.909. The summed E-state index contributed by atoms with van der Waals surface area (Å²) in [5, 5.41) is 11.9. The van der Waals surface area contributed by atoms with Crippen LogP contribution in [0.25, 0.3) is 0 Å². The van der Waals surface area contributed by atoms with E-state index in [4.69, 9.17) is 10.8 Å². The van der Waals surface area contributed by atoms with Gasteiger partial charge in [0.15, 0.2) is 0 Å². The molecule has 1 aliphatic rings. The third kappa shape index (κ3) is 4.28. The first kappa shape index (κ1) is 15.7. The zero-order valence-electron chi connectivity index (χ0n) is 9.87. The van der Waals surface area contributed by atoms with Gasteiger partial charge in [-0.3, -0.25) is 4.79 Å². The minimum Gasteiger partial charge on any atom is -0.396 e. The van der Waals surface area contributed by atoms with Crippen LogP contribution < -0.4 is 11.1 Å². The van der Waals surface area contributed by atoms with Gasteiger partial charge in [-0.2, -0.15) is 0 Å². The van der Waals surface area contributed by atoms with Gasteiger partial charge in [-0.15, -0.1) is 12.4 Å². The molecule has 1 fully saturated rings. The van der Waals surface area contributed by atoms with E-state index >= 15 is 0 Å². The number of nitrogens with one attached hydrogen (secondary N) is 1. The van der Waals surface area contributed by atoms with Crippen molar-refractivity contribution in [1.29, 1.82) is 0 Å². The highest BCUT2D eigenvalue weighted by molar-refractivity contribution is 5.85. The highest BCUT2D eigenvalue weighted by Gasteiger charge is 2.33. The predicted octanol–water partition coefficient (Wildman–Crippen LogP) is 0.814. The van der Waals surface area contributed by atoms with E-state index < -0.39 is 6.04 Å². The molecule has 0 aromatic rings. The molecule has 0 bridgehead atoms. The summed E-state index contributed by atoms with van der Waals surface area (Å²) in [5.41, 5.74) is 5.60. The molecule has 1 saturated carbocycles. The molecule has 0 heterocycles. The van der Waals surface area contributed by atoms with E-state index in [1.807, 2.05) is 0 Å². The van der Waals surface area contributed by atoms with Crippen molar-refractivity contribution in [2.24, 2.45) is 11.1 Å². The van der Waals surface area contributed by atoms with E-state index in [1.54, 1.807) is 6.92 Å². The second kappa shape index (κ2) is 7.09. The van der Waals surface area contributed by atoms with E-state index in [9.17, 15) is 4.79 Å². The maximum atomic E-state index is 11.3. The van der Waals surface area contributed by atoms with E-state index in [1.165, 1.54) is 12.8 Å². The normalized spacial score (nSPS) is 19.9. The van der Waals surface area contributed by atoms with Gasteiger partial charge in [-0.05, 0) is 31.6 Å². The van der Waals surface area contributed by atoms with Crippen LogP contribution in [0.5, 0.6) is 0 Å². The van der Waals surface area contributed by atoms with Gasteiger partial charge in [0.25, 0.3) is 0 Å². The Balaban J connectivity index is 0.00000225. The molecule has 0 aliphatic heterocycles. The second-order valence-corrected chi connectivity index (χ2v) is 4.69. The van der Waals surface area contributed by atoms with Gasteiger partial charge >= 0.3 is 0 Å². The van der Waals surface area contributed by atoms with Gasteiger partial charge in [0.2, 0.25) is 5.91 Å². The fourth-order valence-corrected chi connectivity index (χ4v) is 2.31. The molecule has 0 unspecified atom stereocenters. The van der Waals surface area contributed by atoms with Crippen LogP contribution in [0.3, 0.4) is 0 Å². The van der Waals surface area contributed by atoms with Crippen molar-refractivity contribution in [1.82, 2.24) is 5.32 Å². The topological polar surface area (TPSA) is 75.4 Å². The summed E-state index contributed by atoms with van der Waals surface area (Å²) in [4.78, 5) is 11.3. The van der Waals surface area contributed by atoms with Crippen LogP contribution in [-0.2, 0) is 4.79 Å². The van der Waals surface area contributed by atoms with Gasteiger partial charge in [-0.1, -0.05) is 12.8 Å². The third-order valence-electron chi connectivity index (χ3n) is 3.36. The molecule has 4 N–H and O–H groups in total. The number of amides is 1. The monoisotopic (exact) mass is 250 g/mol. The first-order valence-corrected chi connectivity index (χ1v) is 5.74. The molecule has 4 nitrogen and oxygen atoms in total. The molecular formula is C11H23ClN2O2. The molecule has 0 radical (unpaired) electrons. The Bertz CT molecular complexity index is 216. The number of aliphatic hydroxyl groups excluding tert-OH is 1. The smallest absolute Gasteiger partial charge is 0.236 e. The Morgan fingerprint density at radius 2 is 2.06 bits per heavy atom. The number of halogens is 1. The molecule has 0 saturated heterocycles. The van der Waals surface area contributed by atoms with Crippen molar-refractivity contribution in [2.45, 2.75) is 45.1 Å². The van der Waals surface area contributed by atoms with Gasteiger partial charge in [-0.25, -0.2) is 0 Å². The van der Waals surface area contributed by atoms with Gasteiger partial charge in [0, 0.05) is 13.2 Å². The lowest BCUT2D eigenvalue weighted by Gasteiger charge is -2.28. The van der Waals surface area contributed by atoms with Crippen LogP contribution in [-0.4, -0.2) is 30.2 Å². The van der Waals surface area contributed by atoms with Crippen molar-refractivity contribution < 1.29 is 9.90 Å². The number of hydrogen-bond donors (Lipinski definition) is 3. The fourth-order valence-electron chi connectivity index (χ4n) is 2.31.